The molecule has 1 saturated carbocycles. The molecule has 11 heteroatoms. The number of rotatable bonds is 6. The second kappa shape index (κ2) is 10.5. The van der Waals surface area contributed by atoms with Crippen LogP contribution in [-0.4, -0.2) is 53.2 Å². The number of benzene rings is 2. The van der Waals surface area contributed by atoms with Crippen molar-refractivity contribution >= 4 is 35.0 Å². The van der Waals surface area contributed by atoms with Gasteiger partial charge in [-0.15, -0.1) is 0 Å². The van der Waals surface area contributed by atoms with E-state index >= 15 is 0 Å². The van der Waals surface area contributed by atoms with Crippen LogP contribution in [0.2, 0.25) is 5.02 Å². The summed E-state index contributed by atoms with van der Waals surface area (Å²) in [6.45, 7) is 4.59. The minimum absolute atomic E-state index is 0.0286. The van der Waals surface area contributed by atoms with E-state index in [1.54, 1.807) is 24.3 Å². The van der Waals surface area contributed by atoms with Crippen molar-refractivity contribution in [2.75, 3.05) is 12.1 Å². The number of carbonyl (C=O) groups is 3. The third kappa shape index (κ3) is 4.57. The molecule has 2 N–H and O–H groups in total. The Hall–Kier alpha value is -3.63. The van der Waals surface area contributed by atoms with Gasteiger partial charge in [0.15, 0.2) is 11.5 Å². The molecule has 0 radical (unpaired) electrons. The van der Waals surface area contributed by atoms with E-state index in [0.29, 0.717) is 23.1 Å². The minimum atomic E-state index is -1.31. The highest BCUT2D eigenvalue weighted by Crippen LogP contribution is 2.55. The maximum Gasteiger partial charge on any atom is 0.246 e. The molecule has 7 rings (SSSR count). The summed E-state index contributed by atoms with van der Waals surface area (Å²) in [5.74, 6) is -1.59. The topological polar surface area (TPSA) is 106 Å². The molecule has 2 saturated heterocycles. The number of carbonyl (C=O) groups excluding carboxylic acids is 3. The lowest BCUT2D eigenvalue weighted by Crippen LogP contribution is -2.57. The first-order chi connectivity index (χ1) is 20.7. The maximum atomic E-state index is 14.3. The van der Waals surface area contributed by atoms with Crippen molar-refractivity contribution in [3.63, 3.8) is 0 Å². The van der Waals surface area contributed by atoms with E-state index in [0.717, 1.165) is 30.9 Å². The third-order valence-electron chi connectivity index (χ3n) is 9.94. The van der Waals surface area contributed by atoms with Gasteiger partial charge in [0.05, 0.1) is 23.0 Å². The van der Waals surface area contributed by atoms with Gasteiger partial charge in [-0.1, -0.05) is 56.5 Å². The molecule has 0 aromatic heterocycles. The van der Waals surface area contributed by atoms with Crippen molar-refractivity contribution in [3.05, 3.63) is 65.0 Å². The predicted octanol–water partition coefficient (Wildman–Crippen LogP) is 4.44. The van der Waals surface area contributed by atoms with Crippen LogP contribution < -0.4 is 20.1 Å². The average molecular weight is 610 g/mol. The Balaban J connectivity index is 1.21. The largest absolute Gasteiger partial charge is 0.454 e. The van der Waals surface area contributed by atoms with E-state index in [1.807, 2.05) is 6.07 Å². The van der Waals surface area contributed by atoms with E-state index < -0.39 is 41.3 Å². The van der Waals surface area contributed by atoms with Crippen molar-refractivity contribution in [2.24, 2.45) is 23.7 Å². The Labute approximate surface area is 253 Å². The van der Waals surface area contributed by atoms with E-state index in [2.05, 4.69) is 24.5 Å². The molecule has 226 valence electrons. The van der Waals surface area contributed by atoms with E-state index in [1.165, 1.54) is 17.0 Å². The van der Waals surface area contributed by atoms with Gasteiger partial charge in [0, 0.05) is 18.3 Å². The average Bonchev–Trinajstić information content (AvgIpc) is 3.74. The lowest BCUT2D eigenvalue weighted by molar-refractivity contribution is -0.142. The highest BCUT2D eigenvalue weighted by atomic mass is 35.5. The zero-order chi connectivity index (χ0) is 30.0. The lowest BCUT2D eigenvalue weighted by Gasteiger charge is -2.38. The molecule has 2 aromatic carbocycles. The summed E-state index contributed by atoms with van der Waals surface area (Å²) < 4.78 is 31.2. The second-order valence-corrected chi connectivity index (χ2v) is 12.8. The maximum absolute atomic E-state index is 14.3. The Bertz CT molecular complexity index is 1530. The smallest absolute Gasteiger partial charge is 0.246 e. The molecule has 5 aliphatic rings. The summed E-state index contributed by atoms with van der Waals surface area (Å²) in [4.78, 5) is 43.8. The van der Waals surface area contributed by atoms with Gasteiger partial charge in [-0.25, -0.2) is 4.39 Å². The summed E-state index contributed by atoms with van der Waals surface area (Å²) in [5, 5.41) is 5.91. The van der Waals surface area contributed by atoms with Gasteiger partial charge in [0.25, 0.3) is 0 Å². The number of nitrogens with one attached hydrogen (secondary N) is 2. The molecule has 3 fully saturated rings. The molecular weight excluding hydrogens is 577 g/mol. The molecule has 43 heavy (non-hydrogen) atoms. The third-order valence-corrected chi connectivity index (χ3v) is 10.2. The Kier molecular flexibility index (Phi) is 6.89. The molecule has 4 heterocycles. The van der Waals surface area contributed by atoms with Crippen molar-refractivity contribution in [1.29, 1.82) is 0 Å². The van der Waals surface area contributed by atoms with Crippen LogP contribution in [0.5, 0.6) is 11.5 Å². The number of likely N-dealkylation sites (tertiary alicyclic amines) is 1. The van der Waals surface area contributed by atoms with E-state index in [9.17, 15) is 18.8 Å². The van der Waals surface area contributed by atoms with Gasteiger partial charge in [-0.2, -0.15) is 0 Å². The normalized spacial score (nSPS) is 33.5. The molecule has 6 unspecified atom stereocenters. The number of amides is 3. The van der Waals surface area contributed by atoms with Crippen LogP contribution in [-0.2, 0) is 25.7 Å². The zero-order valence-electron chi connectivity index (χ0n) is 23.8. The van der Waals surface area contributed by atoms with Crippen LogP contribution in [0.4, 0.5) is 10.1 Å². The van der Waals surface area contributed by atoms with Crippen molar-refractivity contribution < 1.29 is 33.0 Å². The highest BCUT2D eigenvalue weighted by Gasteiger charge is 2.72. The highest BCUT2D eigenvalue weighted by molar-refractivity contribution is 6.31. The lowest BCUT2D eigenvalue weighted by atomic mass is 9.73. The van der Waals surface area contributed by atoms with Crippen LogP contribution in [0.1, 0.15) is 38.7 Å². The monoisotopic (exact) mass is 609 g/mol. The first-order valence-corrected chi connectivity index (χ1v) is 15.2. The second-order valence-electron chi connectivity index (χ2n) is 12.4. The zero-order valence-corrected chi connectivity index (χ0v) is 24.6. The SMILES string of the molecule is CC1CCCC(NC(=O)C2N(Cc3ccc4c(c3)OCO4)C(=O)[C@H]3C(C(=O)Nc4ccc(F)c(Cl)c4)[C@H]4C=CC23O4)C1C. The molecule has 2 aromatic rings. The van der Waals surface area contributed by atoms with Gasteiger partial charge >= 0.3 is 0 Å². The summed E-state index contributed by atoms with van der Waals surface area (Å²) in [6.07, 6.45) is 5.85. The number of fused-ring (bicyclic) bond motifs is 2. The number of hydrogen-bond donors (Lipinski definition) is 2. The van der Waals surface area contributed by atoms with Crippen LogP contribution in [0.3, 0.4) is 0 Å². The van der Waals surface area contributed by atoms with E-state index in [4.69, 9.17) is 25.8 Å². The first-order valence-electron chi connectivity index (χ1n) is 14.8. The van der Waals surface area contributed by atoms with Gasteiger partial charge in [-0.3, -0.25) is 14.4 Å². The van der Waals surface area contributed by atoms with Crippen LogP contribution >= 0.6 is 11.6 Å². The van der Waals surface area contributed by atoms with Crippen LogP contribution in [0.15, 0.2) is 48.6 Å². The van der Waals surface area contributed by atoms with Crippen LogP contribution in [0.25, 0.3) is 0 Å². The minimum Gasteiger partial charge on any atom is -0.454 e. The van der Waals surface area contributed by atoms with Gasteiger partial charge in [0.2, 0.25) is 24.5 Å². The van der Waals surface area contributed by atoms with Crippen molar-refractivity contribution in [3.8, 4) is 11.5 Å². The first kappa shape index (κ1) is 28.2. The summed E-state index contributed by atoms with van der Waals surface area (Å²) in [5.41, 5.74) is -0.254. The van der Waals surface area contributed by atoms with E-state index in [-0.39, 0.29) is 42.1 Å². The quantitative estimate of drug-likeness (QED) is 0.469. The van der Waals surface area contributed by atoms with Gasteiger partial charge in [-0.05, 0) is 54.2 Å². The fraction of sp³-hybridized carbons (Fsp3) is 0.469. The van der Waals surface area contributed by atoms with Crippen molar-refractivity contribution in [2.45, 2.75) is 63.4 Å². The van der Waals surface area contributed by atoms with Gasteiger partial charge in [0.1, 0.15) is 17.5 Å². The fourth-order valence-electron chi connectivity index (χ4n) is 7.52. The summed E-state index contributed by atoms with van der Waals surface area (Å²) >= 11 is 5.93. The number of hydrogen-bond acceptors (Lipinski definition) is 6. The molecule has 2 bridgehead atoms. The predicted molar refractivity (Wildman–Crippen MR) is 155 cm³/mol. The van der Waals surface area contributed by atoms with Crippen molar-refractivity contribution in [1.82, 2.24) is 10.2 Å². The van der Waals surface area contributed by atoms with Crippen LogP contribution in [0, 0.1) is 29.5 Å². The van der Waals surface area contributed by atoms with Gasteiger partial charge < -0.3 is 29.7 Å². The molecule has 1 spiro atoms. The standard InChI is InChI=1S/C32H33ClFN3O6/c1-16-4-3-5-22(17(16)2)36-30(39)28-32-11-10-24(43-32)26(29(38)35-19-7-8-21(34)20(33)13-19)27(32)31(40)37(28)14-18-6-9-23-25(12-18)42-15-41-23/h6-13,16-17,22,24,26-28H,3-5,14-15H2,1-2H3,(H,35,38)(H,36,39)/t16?,17?,22?,24-,26?,27-,28?,32?/m1/s1. The number of ether oxygens (including phenoxy) is 3. The molecule has 1 aliphatic carbocycles. The molecule has 4 aliphatic heterocycles. The summed E-state index contributed by atoms with van der Waals surface area (Å²) in [7, 11) is 0. The number of anilines is 1. The number of nitrogens with zero attached hydrogens (tertiary/aromatic N) is 1. The number of halogens is 2. The molecular formula is C32H33ClFN3O6. The Morgan fingerprint density at radius 3 is 2.72 bits per heavy atom. The summed E-state index contributed by atoms with van der Waals surface area (Å²) in [6, 6.07) is 8.30. The molecule has 9 nitrogen and oxygen atoms in total. The Morgan fingerprint density at radius 2 is 1.91 bits per heavy atom. The fourth-order valence-corrected chi connectivity index (χ4v) is 7.70. The molecule has 8 atom stereocenters. The molecule has 3 amide bonds. The Morgan fingerprint density at radius 1 is 1.09 bits per heavy atom.